The SMILES string of the molecule is CNC(=O)c1cc(Cl)c(F)cc1NC(=O)C1(c2ccccc2C(C)C)CN(c2ccc(CN)nn2)C1. The molecule has 0 radical (unpaired) electrons. The van der Waals surface area contributed by atoms with Gasteiger partial charge in [-0.2, -0.15) is 5.10 Å². The Morgan fingerprint density at radius 2 is 1.89 bits per heavy atom. The molecule has 3 aromatic rings. The first-order chi connectivity index (χ1) is 17.2. The quantitative estimate of drug-likeness (QED) is 0.447. The van der Waals surface area contributed by atoms with E-state index in [2.05, 4.69) is 34.7 Å². The molecule has 1 fully saturated rings. The largest absolute Gasteiger partial charge is 0.355 e. The molecule has 4 rings (SSSR count). The summed E-state index contributed by atoms with van der Waals surface area (Å²) in [4.78, 5) is 28.3. The van der Waals surface area contributed by atoms with Crippen LogP contribution in [0.25, 0.3) is 0 Å². The van der Waals surface area contributed by atoms with Crippen molar-refractivity contribution in [2.75, 3.05) is 30.4 Å². The highest BCUT2D eigenvalue weighted by Crippen LogP contribution is 2.41. The Bertz CT molecular complexity index is 1290. The number of rotatable bonds is 7. The molecule has 188 valence electrons. The predicted molar refractivity (Wildman–Crippen MR) is 138 cm³/mol. The Morgan fingerprint density at radius 1 is 1.17 bits per heavy atom. The van der Waals surface area contributed by atoms with Crippen molar-refractivity contribution >= 4 is 34.9 Å². The Kier molecular flexibility index (Phi) is 7.23. The van der Waals surface area contributed by atoms with Gasteiger partial charge >= 0.3 is 0 Å². The second-order valence-electron chi connectivity index (χ2n) is 9.11. The minimum absolute atomic E-state index is 0.0493. The zero-order valence-electron chi connectivity index (χ0n) is 20.3. The van der Waals surface area contributed by atoms with Crippen LogP contribution in [0.1, 0.15) is 46.9 Å². The molecule has 2 heterocycles. The van der Waals surface area contributed by atoms with Crippen molar-refractivity contribution in [3.8, 4) is 0 Å². The van der Waals surface area contributed by atoms with Gasteiger partial charge in [-0.1, -0.05) is 49.7 Å². The number of anilines is 2. The van der Waals surface area contributed by atoms with Gasteiger partial charge in [0.1, 0.15) is 11.2 Å². The molecule has 0 spiro atoms. The summed E-state index contributed by atoms with van der Waals surface area (Å²) in [6, 6.07) is 13.7. The molecular weight excluding hydrogens is 483 g/mol. The van der Waals surface area contributed by atoms with E-state index in [4.69, 9.17) is 17.3 Å². The Balaban J connectivity index is 1.74. The second-order valence-corrected chi connectivity index (χ2v) is 9.52. The van der Waals surface area contributed by atoms with Crippen LogP contribution in [0.15, 0.2) is 48.5 Å². The summed E-state index contributed by atoms with van der Waals surface area (Å²) < 4.78 is 14.4. The molecule has 4 N–H and O–H groups in total. The Hall–Kier alpha value is -3.56. The number of amides is 2. The van der Waals surface area contributed by atoms with Crippen LogP contribution in [0.4, 0.5) is 15.9 Å². The zero-order valence-corrected chi connectivity index (χ0v) is 21.1. The van der Waals surface area contributed by atoms with Crippen molar-refractivity contribution in [2.45, 2.75) is 31.7 Å². The first-order valence-corrected chi connectivity index (χ1v) is 12.0. The summed E-state index contributed by atoms with van der Waals surface area (Å²) in [6.45, 7) is 5.06. The Labute approximate surface area is 214 Å². The van der Waals surface area contributed by atoms with E-state index in [1.165, 1.54) is 13.1 Å². The lowest BCUT2D eigenvalue weighted by Crippen LogP contribution is -2.66. The van der Waals surface area contributed by atoms with E-state index in [0.717, 1.165) is 17.2 Å². The first-order valence-electron chi connectivity index (χ1n) is 11.6. The molecule has 0 aliphatic carbocycles. The first kappa shape index (κ1) is 25.5. The number of hydrogen-bond donors (Lipinski definition) is 3. The van der Waals surface area contributed by atoms with E-state index in [-0.39, 0.29) is 34.6 Å². The van der Waals surface area contributed by atoms with Gasteiger partial charge in [0.05, 0.1) is 22.0 Å². The fourth-order valence-corrected chi connectivity index (χ4v) is 4.65. The van der Waals surface area contributed by atoms with Crippen LogP contribution >= 0.6 is 11.6 Å². The third-order valence-corrected chi connectivity index (χ3v) is 6.76. The van der Waals surface area contributed by atoms with Crippen molar-refractivity contribution in [2.24, 2.45) is 5.73 Å². The smallest absolute Gasteiger partial charge is 0.253 e. The summed E-state index contributed by atoms with van der Waals surface area (Å²) in [5, 5.41) is 13.5. The molecule has 36 heavy (non-hydrogen) atoms. The van der Waals surface area contributed by atoms with E-state index in [1.807, 2.05) is 35.2 Å². The van der Waals surface area contributed by atoms with Crippen molar-refractivity contribution in [3.05, 3.63) is 81.8 Å². The third-order valence-electron chi connectivity index (χ3n) is 6.47. The van der Waals surface area contributed by atoms with Gasteiger partial charge in [-0.05, 0) is 41.3 Å². The minimum atomic E-state index is -0.967. The maximum atomic E-state index is 14.4. The lowest BCUT2D eigenvalue weighted by atomic mass is 9.69. The fourth-order valence-electron chi connectivity index (χ4n) is 4.48. The van der Waals surface area contributed by atoms with E-state index < -0.39 is 17.1 Å². The van der Waals surface area contributed by atoms with Crippen LogP contribution in [0.3, 0.4) is 0 Å². The van der Waals surface area contributed by atoms with Crippen molar-refractivity contribution in [1.29, 1.82) is 0 Å². The summed E-state index contributed by atoms with van der Waals surface area (Å²) in [5.41, 5.74) is 7.36. The topological polar surface area (TPSA) is 113 Å². The number of nitrogens with zero attached hydrogens (tertiary/aromatic N) is 3. The molecule has 0 atom stereocenters. The van der Waals surface area contributed by atoms with Gasteiger partial charge in [0.25, 0.3) is 5.91 Å². The minimum Gasteiger partial charge on any atom is -0.355 e. The summed E-state index contributed by atoms with van der Waals surface area (Å²) in [5.74, 6) is -0.791. The van der Waals surface area contributed by atoms with Crippen LogP contribution in [0, 0.1) is 5.82 Å². The van der Waals surface area contributed by atoms with Crippen molar-refractivity contribution < 1.29 is 14.0 Å². The van der Waals surface area contributed by atoms with Crippen LogP contribution in [-0.2, 0) is 16.8 Å². The molecule has 8 nitrogen and oxygen atoms in total. The summed E-state index contributed by atoms with van der Waals surface area (Å²) >= 11 is 5.92. The molecular formula is C26H28ClFN6O2. The molecule has 0 saturated carbocycles. The van der Waals surface area contributed by atoms with E-state index >= 15 is 0 Å². The van der Waals surface area contributed by atoms with Crippen LogP contribution in [0.2, 0.25) is 5.02 Å². The molecule has 0 unspecified atom stereocenters. The lowest BCUT2D eigenvalue weighted by molar-refractivity contribution is -0.122. The molecule has 1 aromatic heterocycles. The van der Waals surface area contributed by atoms with Crippen molar-refractivity contribution in [1.82, 2.24) is 15.5 Å². The number of hydrogen-bond acceptors (Lipinski definition) is 6. The van der Waals surface area contributed by atoms with Crippen LogP contribution in [-0.4, -0.2) is 42.1 Å². The average molecular weight is 511 g/mol. The normalized spacial score (nSPS) is 14.4. The highest BCUT2D eigenvalue weighted by molar-refractivity contribution is 6.31. The number of aromatic nitrogens is 2. The molecule has 2 aromatic carbocycles. The number of halogens is 2. The maximum absolute atomic E-state index is 14.4. The van der Waals surface area contributed by atoms with Crippen LogP contribution < -0.4 is 21.3 Å². The Morgan fingerprint density at radius 3 is 2.50 bits per heavy atom. The van der Waals surface area contributed by atoms with Crippen LogP contribution in [0.5, 0.6) is 0 Å². The molecule has 1 aliphatic heterocycles. The number of nitrogens with one attached hydrogen (secondary N) is 2. The van der Waals surface area contributed by atoms with Gasteiger partial charge in [-0.25, -0.2) is 4.39 Å². The highest BCUT2D eigenvalue weighted by atomic mass is 35.5. The third kappa shape index (κ3) is 4.64. The van der Waals surface area contributed by atoms with Gasteiger partial charge in [0, 0.05) is 26.7 Å². The van der Waals surface area contributed by atoms with Gasteiger partial charge in [-0.3, -0.25) is 9.59 Å². The fraction of sp³-hybridized carbons (Fsp3) is 0.308. The highest BCUT2D eigenvalue weighted by Gasteiger charge is 2.52. The van der Waals surface area contributed by atoms with Gasteiger partial charge in [0.15, 0.2) is 5.82 Å². The standard InChI is InChI=1S/C26H28ClFN6O2/c1-15(2)17-6-4-5-7-19(17)26(13-34(14-26)23-9-8-16(12-29)32-33-23)25(36)31-22-11-21(28)20(27)10-18(22)24(35)30-3/h4-11,15H,12-14,29H2,1-3H3,(H,30,35)(H,31,36). The van der Waals surface area contributed by atoms with E-state index in [9.17, 15) is 14.0 Å². The monoisotopic (exact) mass is 510 g/mol. The molecule has 0 bridgehead atoms. The zero-order chi connectivity index (χ0) is 26.0. The van der Waals surface area contributed by atoms with E-state index in [1.54, 1.807) is 6.07 Å². The van der Waals surface area contributed by atoms with Gasteiger partial charge < -0.3 is 21.3 Å². The number of carbonyl (C=O) groups excluding carboxylic acids is 2. The second kappa shape index (κ2) is 10.2. The van der Waals surface area contributed by atoms with Gasteiger partial charge in [-0.15, -0.1) is 5.10 Å². The summed E-state index contributed by atoms with van der Waals surface area (Å²) in [6.07, 6.45) is 0. The molecule has 10 heteroatoms. The molecule has 1 saturated heterocycles. The number of carbonyl (C=O) groups is 2. The van der Waals surface area contributed by atoms with Gasteiger partial charge in [0.2, 0.25) is 5.91 Å². The summed E-state index contributed by atoms with van der Waals surface area (Å²) in [7, 11) is 1.45. The van der Waals surface area contributed by atoms with Crippen molar-refractivity contribution in [3.63, 3.8) is 0 Å². The molecule has 1 aliphatic rings. The maximum Gasteiger partial charge on any atom is 0.253 e. The predicted octanol–water partition coefficient (Wildman–Crippen LogP) is 3.61. The average Bonchev–Trinajstić information content (AvgIpc) is 2.85. The number of nitrogens with two attached hydrogens (primary N) is 1. The molecule has 2 amide bonds. The lowest BCUT2D eigenvalue weighted by Gasteiger charge is -2.50. The van der Waals surface area contributed by atoms with E-state index in [0.29, 0.717) is 24.6 Å². The number of benzene rings is 2.